The van der Waals surface area contributed by atoms with E-state index in [0.717, 1.165) is 5.56 Å². The van der Waals surface area contributed by atoms with Crippen LogP contribution in [-0.4, -0.2) is 37.9 Å². The van der Waals surface area contributed by atoms with Gasteiger partial charge in [-0.1, -0.05) is 0 Å². The highest BCUT2D eigenvalue weighted by atomic mass is 32.2. The van der Waals surface area contributed by atoms with E-state index in [1.165, 1.54) is 17.1 Å². The first-order valence-electron chi connectivity index (χ1n) is 6.70. The highest BCUT2D eigenvalue weighted by molar-refractivity contribution is 7.92. The number of aromatic nitrogens is 6. The Morgan fingerprint density at radius 3 is 2.57 bits per heavy atom. The number of nitrogens with zero attached hydrogens (tertiary/aromatic N) is 6. The number of aryl methyl sites for hydroxylation is 2. The lowest BCUT2D eigenvalue weighted by atomic mass is 10.2. The van der Waals surface area contributed by atoms with E-state index in [1.54, 1.807) is 44.2 Å². The minimum atomic E-state index is -3.80. The fourth-order valence-electron chi connectivity index (χ4n) is 2.04. The molecule has 0 radical (unpaired) electrons. The quantitative estimate of drug-likeness (QED) is 0.754. The van der Waals surface area contributed by atoms with Gasteiger partial charge in [-0.05, 0) is 13.0 Å². The van der Waals surface area contributed by atoms with Gasteiger partial charge in [-0.25, -0.2) is 23.1 Å². The van der Waals surface area contributed by atoms with E-state index in [1.807, 2.05) is 0 Å². The van der Waals surface area contributed by atoms with E-state index in [2.05, 4.69) is 24.9 Å². The van der Waals surface area contributed by atoms with Crippen molar-refractivity contribution in [2.24, 2.45) is 14.1 Å². The molecule has 0 bridgehead atoms. The molecular formula is C13H15N7O2S. The van der Waals surface area contributed by atoms with Gasteiger partial charge >= 0.3 is 0 Å². The second-order valence-corrected chi connectivity index (χ2v) is 6.64. The van der Waals surface area contributed by atoms with E-state index < -0.39 is 10.0 Å². The van der Waals surface area contributed by atoms with Gasteiger partial charge in [-0.15, -0.1) is 0 Å². The van der Waals surface area contributed by atoms with Crippen molar-refractivity contribution < 1.29 is 8.42 Å². The minimum absolute atomic E-state index is 0.00499. The Kier molecular flexibility index (Phi) is 3.60. The normalized spacial score (nSPS) is 11.6. The molecule has 0 aliphatic rings. The molecule has 3 rings (SSSR count). The summed E-state index contributed by atoms with van der Waals surface area (Å²) < 4.78 is 30.4. The summed E-state index contributed by atoms with van der Waals surface area (Å²) >= 11 is 0. The molecule has 120 valence electrons. The van der Waals surface area contributed by atoms with Gasteiger partial charge in [0.2, 0.25) is 5.95 Å². The molecule has 0 aromatic carbocycles. The van der Waals surface area contributed by atoms with Crippen LogP contribution in [0.3, 0.4) is 0 Å². The topological polar surface area (TPSA) is 108 Å². The maximum absolute atomic E-state index is 12.4. The van der Waals surface area contributed by atoms with Gasteiger partial charge in [-0.2, -0.15) is 10.2 Å². The van der Waals surface area contributed by atoms with Crippen LogP contribution >= 0.6 is 0 Å². The number of anilines is 1. The Labute approximate surface area is 133 Å². The average molecular weight is 333 g/mol. The Bertz CT molecular complexity index is 958. The Balaban J connectivity index is 1.93. The second-order valence-electron chi connectivity index (χ2n) is 4.99. The van der Waals surface area contributed by atoms with Gasteiger partial charge in [0.25, 0.3) is 10.0 Å². The highest BCUT2D eigenvalue weighted by Gasteiger charge is 2.21. The lowest BCUT2D eigenvalue weighted by Crippen LogP contribution is -2.16. The molecule has 3 aromatic heterocycles. The zero-order valence-corrected chi connectivity index (χ0v) is 13.6. The third-order valence-corrected chi connectivity index (χ3v) is 4.79. The molecule has 0 spiro atoms. The summed E-state index contributed by atoms with van der Waals surface area (Å²) in [5.41, 5.74) is 1.88. The molecule has 23 heavy (non-hydrogen) atoms. The van der Waals surface area contributed by atoms with Gasteiger partial charge in [0.1, 0.15) is 4.90 Å². The van der Waals surface area contributed by atoms with E-state index in [9.17, 15) is 8.42 Å². The van der Waals surface area contributed by atoms with Crippen LogP contribution in [0, 0.1) is 6.92 Å². The zero-order chi connectivity index (χ0) is 16.6. The Hall–Kier alpha value is -2.75. The van der Waals surface area contributed by atoms with E-state index >= 15 is 0 Å². The van der Waals surface area contributed by atoms with Crippen LogP contribution in [0.1, 0.15) is 5.69 Å². The van der Waals surface area contributed by atoms with Crippen molar-refractivity contribution in [3.63, 3.8) is 0 Å². The molecule has 10 heteroatoms. The number of hydrogen-bond donors (Lipinski definition) is 1. The van der Waals surface area contributed by atoms with E-state index in [0.29, 0.717) is 11.4 Å². The molecule has 0 unspecified atom stereocenters. The summed E-state index contributed by atoms with van der Waals surface area (Å²) in [6, 6.07) is 1.68. The number of rotatable bonds is 4. The standard InChI is InChI=1S/C13H15N7O2S/c1-9-12(7-16-20(9)3)23(21,22)18-13-14-5-4-11(17-13)10-6-15-19(2)8-10/h4-8H,1-3H3,(H,14,17,18). The van der Waals surface area contributed by atoms with Crippen molar-refractivity contribution in [3.8, 4) is 11.3 Å². The SMILES string of the molecule is Cc1c(S(=O)(=O)Nc2nccc(-c3cnn(C)c3)n2)cnn1C. The van der Waals surface area contributed by atoms with Crippen molar-refractivity contribution in [2.75, 3.05) is 4.72 Å². The Morgan fingerprint density at radius 1 is 1.17 bits per heavy atom. The number of sulfonamides is 1. The zero-order valence-electron chi connectivity index (χ0n) is 12.8. The van der Waals surface area contributed by atoms with Gasteiger partial charge in [0.15, 0.2) is 0 Å². The molecule has 1 N–H and O–H groups in total. The monoisotopic (exact) mass is 333 g/mol. The van der Waals surface area contributed by atoms with Crippen LogP contribution in [-0.2, 0) is 24.1 Å². The van der Waals surface area contributed by atoms with E-state index in [4.69, 9.17) is 0 Å². The summed E-state index contributed by atoms with van der Waals surface area (Å²) in [6.07, 6.45) is 6.21. The molecule has 0 saturated heterocycles. The molecule has 0 aliphatic carbocycles. The predicted octanol–water partition coefficient (Wildman–Crippen LogP) is 0.720. The second kappa shape index (κ2) is 5.47. The fourth-order valence-corrected chi connectivity index (χ4v) is 3.20. The lowest BCUT2D eigenvalue weighted by Gasteiger charge is -2.06. The number of nitrogens with one attached hydrogen (secondary N) is 1. The molecule has 0 amide bonds. The van der Waals surface area contributed by atoms with Crippen molar-refractivity contribution in [1.82, 2.24) is 29.5 Å². The summed E-state index contributed by atoms with van der Waals surface area (Å²) in [6.45, 7) is 1.68. The maximum atomic E-state index is 12.4. The van der Waals surface area contributed by atoms with Gasteiger partial charge in [0, 0.05) is 32.1 Å². The lowest BCUT2D eigenvalue weighted by molar-refractivity contribution is 0.599. The highest BCUT2D eigenvalue weighted by Crippen LogP contribution is 2.19. The van der Waals surface area contributed by atoms with Gasteiger partial charge in [-0.3, -0.25) is 9.36 Å². The van der Waals surface area contributed by atoms with Crippen LogP contribution in [0.2, 0.25) is 0 Å². The molecule has 0 aliphatic heterocycles. The summed E-state index contributed by atoms with van der Waals surface area (Å²) in [5.74, 6) is -0.00499. The minimum Gasteiger partial charge on any atom is -0.275 e. The van der Waals surface area contributed by atoms with Crippen molar-refractivity contribution in [3.05, 3.63) is 36.5 Å². The van der Waals surface area contributed by atoms with Crippen LogP contribution < -0.4 is 4.72 Å². The first-order chi connectivity index (χ1) is 10.9. The van der Waals surface area contributed by atoms with Crippen molar-refractivity contribution in [2.45, 2.75) is 11.8 Å². The number of hydrogen-bond acceptors (Lipinski definition) is 6. The first-order valence-corrected chi connectivity index (χ1v) is 8.18. The maximum Gasteiger partial charge on any atom is 0.267 e. The largest absolute Gasteiger partial charge is 0.275 e. The molecule has 0 saturated carbocycles. The first kappa shape index (κ1) is 15.2. The molecule has 3 heterocycles. The summed E-state index contributed by atoms with van der Waals surface area (Å²) in [7, 11) is -0.330. The smallest absolute Gasteiger partial charge is 0.267 e. The molecule has 3 aromatic rings. The van der Waals surface area contributed by atoms with Crippen LogP contribution in [0.15, 0.2) is 35.7 Å². The fraction of sp³-hybridized carbons (Fsp3) is 0.231. The van der Waals surface area contributed by atoms with Gasteiger partial charge < -0.3 is 0 Å². The van der Waals surface area contributed by atoms with Crippen LogP contribution in [0.25, 0.3) is 11.3 Å². The summed E-state index contributed by atoms with van der Waals surface area (Å²) in [5, 5.41) is 8.00. The third-order valence-electron chi connectivity index (χ3n) is 3.36. The third kappa shape index (κ3) is 2.93. The Morgan fingerprint density at radius 2 is 1.96 bits per heavy atom. The van der Waals surface area contributed by atoms with Crippen molar-refractivity contribution in [1.29, 1.82) is 0 Å². The molecule has 0 atom stereocenters. The molecular weight excluding hydrogens is 318 g/mol. The molecule has 0 fully saturated rings. The van der Waals surface area contributed by atoms with Crippen LogP contribution in [0.5, 0.6) is 0 Å². The van der Waals surface area contributed by atoms with Gasteiger partial charge in [0.05, 0.1) is 23.8 Å². The average Bonchev–Trinajstić information content (AvgIpc) is 3.06. The van der Waals surface area contributed by atoms with E-state index in [-0.39, 0.29) is 10.8 Å². The summed E-state index contributed by atoms with van der Waals surface area (Å²) in [4.78, 5) is 8.28. The molecule has 9 nitrogen and oxygen atoms in total. The van der Waals surface area contributed by atoms with Crippen molar-refractivity contribution >= 4 is 16.0 Å². The predicted molar refractivity (Wildman–Crippen MR) is 83.0 cm³/mol. The van der Waals surface area contributed by atoms with Crippen LogP contribution in [0.4, 0.5) is 5.95 Å².